The predicted octanol–water partition coefficient (Wildman–Crippen LogP) is 1.54. The van der Waals surface area contributed by atoms with E-state index in [1.165, 1.54) is 0 Å². The molecule has 0 bridgehead atoms. The molecule has 0 saturated heterocycles. The van der Waals surface area contributed by atoms with Crippen molar-refractivity contribution in [3.8, 4) is 0 Å². The number of carbonyl (C=O) groups is 2. The summed E-state index contributed by atoms with van der Waals surface area (Å²) >= 11 is 0. The van der Waals surface area contributed by atoms with Gasteiger partial charge in [0.25, 0.3) is 0 Å². The van der Waals surface area contributed by atoms with Crippen molar-refractivity contribution in [3.63, 3.8) is 0 Å². The molecule has 0 fully saturated rings. The van der Waals surface area contributed by atoms with Crippen LogP contribution >= 0.6 is 12.4 Å². The van der Waals surface area contributed by atoms with E-state index in [9.17, 15) is 9.59 Å². The number of nitrogens with one attached hydrogen (secondary N) is 2. The van der Waals surface area contributed by atoms with Crippen LogP contribution in [-0.2, 0) is 9.59 Å². The Morgan fingerprint density at radius 1 is 1.20 bits per heavy atom. The van der Waals surface area contributed by atoms with Crippen LogP contribution in [-0.4, -0.2) is 24.4 Å². The maximum atomic E-state index is 11.6. The Morgan fingerprint density at radius 3 is 2.35 bits per heavy atom. The lowest BCUT2D eigenvalue weighted by molar-refractivity contribution is -0.125. The molecule has 0 saturated carbocycles. The summed E-state index contributed by atoms with van der Waals surface area (Å²) in [4.78, 5) is 23.2. The number of hydrogen-bond donors (Lipinski definition) is 3. The second kappa shape index (κ2) is 9.34. The molecule has 6 heteroatoms. The van der Waals surface area contributed by atoms with Crippen molar-refractivity contribution in [3.05, 3.63) is 30.3 Å². The fourth-order valence-corrected chi connectivity index (χ4v) is 1.44. The fraction of sp³-hybridized carbons (Fsp3) is 0.429. The third kappa shape index (κ3) is 6.54. The molecular weight excluding hydrogens is 278 g/mol. The van der Waals surface area contributed by atoms with Crippen molar-refractivity contribution in [1.82, 2.24) is 5.32 Å². The molecule has 0 aliphatic carbocycles. The fourth-order valence-electron chi connectivity index (χ4n) is 1.44. The number of amides is 2. The Kier molecular flexibility index (Phi) is 8.59. The maximum Gasteiger partial charge on any atom is 0.226 e. The molecule has 20 heavy (non-hydrogen) atoms. The third-order valence-corrected chi connectivity index (χ3v) is 2.91. The number of anilines is 1. The van der Waals surface area contributed by atoms with Crippen LogP contribution in [0.3, 0.4) is 0 Å². The monoisotopic (exact) mass is 299 g/mol. The van der Waals surface area contributed by atoms with Crippen LogP contribution in [0.1, 0.15) is 20.3 Å². The third-order valence-electron chi connectivity index (χ3n) is 2.91. The largest absolute Gasteiger partial charge is 0.355 e. The summed E-state index contributed by atoms with van der Waals surface area (Å²) in [5.41, 5.74) is 6.38. The number of halogens is 1. The molecule has 1 rings (SSSR count). The van der Waals surface area contributed by atoms with Crippen LogP contribution < -0.4 is 16.4 Å². The summed E-state index contributed by atoms with van der Waals surface area (Å²) in [5, 5.41) is 5.45. The predicted molar refractivity (Wildman–Crippen MR) is 82.8 cm³/mol. The van der Waals surface area contributed by atoms with Gasteiger partial charge in [0.05, 0.1) is 0 Å². The van der Waals surface area contributed by atoms with Crippen molar-refractivity contribution in [1.29, 1.82) is 0 Å². The maximum absolute atomic E-state index is 11.6. The van der Waals surface area contributed by atoms with Crippen molar-refractivity contribution in [2.24, 2.45) is 11.7 Å². The molecule has 0 aliphatic rings. The summed E-state index contributed by atoms with van der Waals surface area (Å²) in [6, 6.07) is 9.01. The highest BCUT2D eigenvalue weighted by atomic mass is 35.5. The minimum atomic E-state index is -0.253. The average Bonchev–Trinajstić information content (AvgIpc) is 2.38. The Labute approximate surface area is 125 Å². The summed E-state index contributed by atoms with van der Waals surface area (Å²) in [7, 11) is 0. The van der Waals surface area contributed by atoms with E-state index in [0.717, 1.165) is 5.69 Å². The number of rotatable bonds is 6. The normalized spacial score (nSPS) is 12.8. The van der Waals surface area contributed by atoms with Crippen LogP contribution in [0.2, 0.25) is 0 Å². The molecule has 1 aromatic carbocycles. The van der Waals surface area contributed by atoms with Gasteiger partial charge in [0.15, 0.2) is 0 Å². The lowest BCUT2D eigenvalue weighted by Gasteiger charge is -2.15. The van der Waals surface area contributed by atoms with Gasteiger partial charge >= 0.3 is 0 Å². The molecule has 2 unspecified atom stereocenters. The number of hydrogen-bond acceptors (Lipinski definition) is 3. The lowest BCUT2D eigenvalue weighted by Crippen LogP contribution is -2.39. The van der Waals surface area contributed by atoms with Crippen LogP contribution in [0.5, 0.6) is 0 Å². The SMILES string of the molecule is CC(N)C(C)C(=O)NCCC(=O)Nc1ccccc1.Cl. The number of nitrogens with two attached hydrogens (primary N) is 1. The second-order valence-corrected chi connectivity index (χ2v) is 4.60. The number of para-hydroxylation sites is 1. The Morgan fingerprint density at radius 2 is 1.80 bits per heavy atom. The van der Waals surface area contributed by atoms with E-state index in [1.807, 2.05) is 30.3 Å². The van der Waals surface area contributed by atoms with E-state index in [1.54, 1.807) is 13.8 Å². The topological polar surface area (TPSA) is 84.2 Å². The van der Waals surface area contributed by atoms with E-state index < -0.39 is 0 Å². The molecule has 2 amide bonds. The molecule has 2 atom stereocenters. The number of carbonyl (C=O) groups excluding carboxylic acids is 2. The van der Waals surface area contributed by atoms with E-state index >= 15 is 0 Å². The first-order chi connectivity index (χ1) is 9.00. The van der Waals surface area contributed by atoms with Crippen molar-refractivity contribution < 1.29 is 9.59 Å². The van der Waals surface area contributed by atoms with Crippen molar-refractivity contribution in [2.75, 3.05) is 11.9 Å². The first kappa shape index (κ1) is 18.4. The van der Waals surface area contributed by atoms with Gasteiger partial charge in [-0.15, -0.1) is 12.4 Å². The molecule has 4 N–H and O–H groups in total. The first-order valence-electron chi connectivity index (χ1n) is 6.39. The van der Waals surface area contributed by atoms with E-state index in [2.05, 4.69) is 10.6 Å². The lowest BCUT2D eigenvalue weighted by atomic mass is 10.0. The van der Waals surface area contributed by atoms with Gasteiger partial charge in [0.1, 0.15) is 0 Å². The Hall–Kier alpha value is -1.59. The highest BCUT2D eigenvalue weighted by Gasteiger charge is 2.16. The van der Waals surface area contributed by atoms with E-state index in [-0.39, 0.29) is 42.6 Å². The van der Waals surface area contributed by atoms with Crippen LogP contribution in [0, 0.1) is 5.92 Å². The highest BCUT2D eigenvalue weighted by molar-refractivity contribution is 5.91. The molecule has 0 heterocycles. The summed E-state index contributed by atoms with van der Waals surface area (Å²) in [6.45, 7) is 3.87. The van der Waals surface area contributed by atoms with Crippen LogP contribution in [0.4, 0.5) is 5.69 Å². The molecule has 0 spiro atoms. The van der Waals surface area contributed by atoms with Crippen molar-refractivity contribution >= 4 is 29.9 Å². The average molecular weight is 300 g/mol. The molecular formula is C14H22ClN3O2. The van der Waals surface area contributed by atoms with Gasteiger partial charge in [-0.05, 0) is 19.1 Å². The Bertz CT molecular complexity index is 424. The minimum absolute atomic E-state index is 0. The smallest absolute Gasteiger partial charge is 0.226 e. The molecule has 1 aromatic rings. The van der Waals surface area contributed by atoms with Gasteiger partial charge in [-0.25, -0.2) is 0 Å². The minimum Gasteiger partial charge on any atom is -0.355 e. The van der Waals surface area contributed by atoms with Crippen molar-refractivity contribution in [2.45, 2.75) is 26.3 Å². The van der Waals surface area contributed by atoms with Crippen LogP contribution in [0.25, 0.3) is 0 Å². The summed E-state index contributed by atoms with van der Waals surface area (Å²) in [5.74, 6) is -0.500. The zero-order valence-electron chi connectivity index (χ0n) is 11.8. The quantitative estimate of drug-likeness (QED) is 0.745. The standard InChI is InChI=1S/C14H21N3O2.ClH/c1-10(11(2)15)14(19)16-9-8-13(18)17-12-6-4-3-5-7-12;/h3-7,10-11H,8-9,15H2,1-2H3,(H,16,19)(H,17,18);1H. The van der Waals surface area contributed by atoms with E-state index in [4.69, 9.17) is 5.73 Å². The zero-order valence-corrected chi connectivity index (χ0v) is 12.6. The Balaban J connectivity index is 0.00000361. The second-order valence-electron chi connectivity index (χ2n) is 4.60. The molecule has 0 aliphatic heterocycles. The summed E-state index contributed by atoms with van der Waals surface area (Å²) in [6.07, 6.45) is 0.242. The number of benzene rings is 1. The van der Waals surface area contributed by atoms with Crippen LogP contribution in [0.15, 0.2) is 30.3 Å². The van der Waals surface area contributed by atoms with Gasteiger partial charge in [-0.2, -0.15) is 0 Å². The first-order valence-corrected chi connectivity index (χ1v) is 6.39. The summed E-state index contributed by atoms with van der Waals surface area (Å²) < 4.78 is 0. The van der Waals surface area contributed by atoms with Gasteiger partial charge < -0.3 is 16.4 Å². The highest BCUT2D eigenvalue weighted by Crippen LogP contribution is 2.05. The van der Waals surface area contributed by atoms with Gasteiger partial charge in [-0.1, -0.05) is 25.1 Å². The molecule has 112 valence electrons. The molecule has 0 aromatic heterocycles. The zero-order chi connectivity index (χ0) is 14.3. The van der Waals surface area contributed by atoms with E-state index in [0.29, 0.717) is 6.54 Å². The van der Waals surface area contributed by atoms with Gasteiger partial charge in [0, 0.05) is 30.6 Å². The van der Waals surface area contributed by atoms with Gasteiger partial charge in [-0.3, -0.25) is 9.59 Å². The van der Waals surface area contributed by atoms with Gasteiger partial charge in [0.2, 0.25) is 11.8 Å². The molecule has 0 radical (unpaired) electrons. The molecule has 5 nitrogen and oxygen atoms in total.